The first-order valence-corrected chi connectivity index (χ1v) is 4.86. The van der Waals surface area contributed by atoms with Crippen LogP contribution >= 0.6 is 0 Å². The quantitative estimate of drug-likeness (QED) is 0.404. The van der Waals surface area contributed by atoms with E-state index in [0.29, 0.717) is 6.42 Å². The molecule has 15 heavy (non-hydrogen) atoms. The number of hydrogen-bond donors (Lipinski definition) is 1. The molecule has 80 valence electrons. The minimum atomic E-state index is 0.646. The molecule has 0 saturated carbocycles. The Morgan fingerprint density at radius 2 is 2.20 bits per heavy atom. The Morgan fingerprint density at radius 1 is 1.40 bits per heavy atom. The van der Waals surface area contributed by atoms with Crippen LogP contribution in [-0.2, 0) is 6.42 Å². The second-order valence-electron chi connectivity index (χ2n) is 2.89. The van der Waals surface area contributed by atoms with Crippen molar-refractivity contribution in [3.05, 3.63) is 24.3 Å². The van der Waals surface area contributed by atoms with E-state index in [0.717, 1.165) is 25.3 Å². The number of nitrogens with one attached hydrogen (secondary N) is 1. The molecule has 1 heterocycles. The van der Waals surface area contributed by atoms with Crippen LogP contribution in [0.5, 0.6) is 0 Å². The second-order valence-corrected chi connectivity index (χ2v) is 2.89. The van der Waals surface area contributed by atoms with E-state index < -0.39 is 0 Å². The molecule has 0 unspecified atom stereocenters. The third-order valence-electron chi connectivity index (χ3n) is 1.68. The van der Waals surface area contributed by atoms with Crippen LogP contribution in [0.2, 0.25) is 0 Å². The van der Waals surface area contributed by atoms with Crippen molar-refractivity contribution in [1.82, 2.24) is 15.4 Å². The summed E-state index contributed by atoms with van der Waals surface area (Å²) in [4.78, 5) is 11.9. The summed E-state index contributed by atoms with van der Waals surface area (Å²) in [7, 11) is 0. The zero-order valence-electron chi connectivity index (χ0n) is 8.63. The third kappa shape index (κ3) is 5.51. The predicted molar refractivity (Wildman–Crippen MR) is 61.3 cm³/mol. The molecule has 0 radical (unpaired) electrons. The van der Waals surface area contributed by atoms with Crippen LogP contribution in [-0.4, -0.2) is 36.0 Å². The number of aliphatic imine (C=N–C) groups is 1. The average Bonchev–Trinajstić information content (AvgIpc) is 2.29. The van der Waals surface area contributed by atoms with E-state index in [1.165, 1.54) is 0 Å². The van der Waals surface area contributed by atoms with Crippen LogP contribution in [0.4, 0.5) is 0 Å². The average molecular weight is 205 g/mol. The SMILES string of the molecule is C=NCCCN/N=C/Cc1ncccn1. The minimum Gasteiger partial charge on any atom is -0.310 e. The van der Waals surface area contributed by atoms with E-state index in [1.807, 2.05) is 0 Å². The number of nitrogens with zero attached hydrogens (tertiary/aromatic N) is 4. The van der Waals surface area contributed by atoms with E-state index in [9.17, 15) is 0 Å². The Labute approximate surface area is 89.4 Å². The molecule has 0 saturated heterocycles. The molecule has 5 heteroatoms. The fourth-order valence-electron chi connectivity index (χ4n) is 0.962. The van der Waals surface area contributed by atoms with Crippen molar-refractivity contribution < 1.29 is 0 Å². The highest BCUT2D eigenvalue weighted by Gasteiger charge is 1.89. The molecule has 0 aliphatic carbocycles. The van der Waals surface area contributed by atoms with E-state index >= 15 is 0 Å². The molecule has 0 aromatic carbocycles. The lowest BCUT2D eigenvalue weighted by Gasteiger charge is -1.96. The van der Waals surface area contributed by atoms with Gasteiger partial charge in [0.05, 0.1) is 0 Å². The van der Waals surface area contributed by atoms with Crippen LogP contribution in [0.3, 0.4) is 0 Å². The van der Waals surface area contributed by atoms with Gasteiger partial charge in [0.15, 0.2) is 0 Å². The van der Waals surface area contributed by atoms with Crippen molar-refractivity contribution in [2.75, 3.05) is 13.1 Å². The lowest BCUT2D eigenvalue weighted by molar-refractivity contribution is 0.692. The van der Waals surface area contributed by atoms with Crippen LogP contribution < -0.4 is 5.43 Å². The minimum absolute atomic E-state index is 0.646. The summed E-state index contributed by atoms with van der Waals surface area (Å²) < 4.78 is 0. The second kappa shape index (κ2) is 7.61. The lowest BCUT2D eigenvalue weighted by atomic mass is 10.4. The summed E-state index contributed by atoms with van der Waals surface area (Å²) >= 11 is 0. The van der Waals surface area contributed by atoms with E-state index in [4.69, 9.17) is 0 Å². The number of rotatable bonds is 7. The van der Waals surface area contributed by atoms with Gasteiger partial charge < -0.3 is 10.4 Å². The molecule has 0 amide bonds. The summed E-state index contributed by atoms with van der Waals surface area (Å²) in [6.45, 7) is 4.98. The van der Waals surface area contributed by atoms with Crippen molar-refractivity contribution in [3.63, 3.8) is 0 Å². The molecule has 5 nitrogen and oxygen atoms in total. The highest BCUT2D eigenvalue weighted by Crippen LogP contribution is 1.85. The summed E-state index contributed by atoms with van der Waals surface area (Å²) in [5.41, 5.74) is 2.92. The fourth-order valence-corrected chi connectivity index (χ4v) is 0.962. The highest BCUT2D eigenvalue weighted by atomic mass is 15.3. The maximum Gasteiger partial charge on any atom is 0.133 e. The first-order valence-electron chi connectivity index (χ1n) is 4.86. The Balaban J connectivity index is 2.09. The number of hydrazone groups is 1. The van der Waals surface area contributed by atoms with Gasteiger partial charge in [-0.15, -0.1) is 0 Å². The van der Waals surface area contributed by atoms with Crippen molar-refractivity contribution in [2.24, 2.45) is 10.1 Å². The first-order chi connectivity index (χ1) is 7.43. The van der Waals surface area contributed by atoms with Gasteiger partial charge in [-0.05, 0) is 19.2 Å². The molecule has 0 bridgehead atoms. The maximum absolute atomic E-state index is 4.07. The molecule has 1 aromatic heterocycles. The molecule has 1 aromatic rings. The zero-order chi connectivity index (χ0) is 10.8. The highest BCUT2D eigenvalue weighted by molar-refractivity contribution is 5.59. The summed E-state index contributed by atoms with van der Waals surface area (Å²) in [5, 5.41) is 4.02. The molecule has 0 aliphatic rings. The van der Waals surface area contributed by atoms with Crippen molar-refractivity contribution in [1.29, 1.82) is 0 Å². The smallest absolute Gasteiger partial charge is 0.133 e. The fraction of sp³-hybridized carbons (Fsp3) is 0.400. The lowest BCUT2D eigenvalue weighted by Crippen LogP contribution is -2.09. The summed E-state index contributed by atoms with van der Waals surface area (Å²) in [6.07, 6.45) is 6.80. The van der Waals surface area contributed by atoms with Gasteiger partial charge in [0.25, 0.3) is 0 Å². The van der Waals surface area contributed by atoms with Gasteiger partial charge in [-0.2, -0.15) is 5.10 Å². The zero-order valence-corrected chi connectivity index (χ0v) is 8.63. The number of hydrogen-bond acceptors (Lipinski definition) is 5. The van der Waals surface area contributed by atoms with Crippen molar-refractivity contribution >= 4 is 12.9 Å². The van der Waals surface area contributed by atoms with Gasteiger partial charge in [-0.25, -0.2) is 9.97 Å². The normalized spacial score (nSPS) is 10.4. The molecule has 0 atom stereocenters. The van der Waals surface area contributed by atoms with Gasteiger partial charge in [0, 0.05) is 38.1 Å². The van der Waals surface area contributed by atoms with Gasteiger partial charge in [-0.3, -0.25) is 0 Å². The van der Waals surface area contributed by atoms with Crippen LogP contribution in [0.15, 0.2) is 28.6 Å². The van der Waals surface area contributed by atoms with Crippen LogP contribution in [0, 0.1) is 0 Å². The summed E-state index contributed by atoms with van der Waals surface area (Å²) in [5.74, 6) is 0.774. The van der Waals surface area contributed by atoms with Crippen molar-refractivity contribution in [2.45, 2.75) is 12.8 Å². The van der Waals surface area contributed by atoms with Gasteiger partial charge >= 0.3 is 0 Å². The molecule has 0 fully saturated rings. The van der Waals surface area contributed by atoms with Gasteiger partial charge in [0.2, 0.25) is 0 Å². The van der Waals surface area contributed by atoms with E-state index in [-0.39, 0.29) is 0 Å². The molecule has 0 spiro atoms. The first kappa shape index (κ1) is 11.3. The topological polar surface area (TPSA) is 62.5 Å². The molecular formula is C10H15N5. The third-order valence-corrected chi connectivity index (χ3v) is 1.68. The van der Waals surface area contributed by atoms with E-state index in [1.54, 1.807) is 24.7 Å². The van der Waals surface area contributed by atoms with Crippen molar-refractivity contribution in [3.8, 4) is 0 Å². The van der Waals surface area contributed by atoms with Gasteiger partial charge in [0.1, 0.15) is 5.82 Å². The van der Waals surface area contributed by atoms with Gasteiger partial charge in [-0.1, -0.05) is 0 Å². The Kier molecular flexibility index (Phi) is 5.73. The molecular weight excluding hydrogens is 190 g/mol. The maximum atomic E-state index is 4.07. The van der Waals surface area contributed by atoms with E-state index in [2.05, 4.69) is 32.2 Å². The number of aromatic nitrogens is 2. The Morgan fingerprint density at radius 3 is 2.93 bits per heavy atom. The molecule has 1 rings (SSSR count). The monoisotopic (exact) mass is 205 g/mol. The predicted octanol–water partition coefficient (Wildman–Crippen LogP) is 0.685. The largest absolute Gasteiger partial charge is 0.310 e. The van der Waals surface area contributed by atoms with Crippen LogP contribution in [0.25, 0.3) is 0 Å². The molecule has 1 N–H and O–H groups in total. The van der Waals surface area contributed by atoms with Crippen LogP contribution in [0.1, 0.15) is 12.2 Å². The Bertz CT molecular complexity index is 296. The molecule has 0 aliphatic heterocycles. The summed E-state index contributed by atoms with van der Waals surface area (Å²) in [6, 6.07) is 1.79. The standard InChI is InChI=1S/C10H15N5/c1-11-5-2-8-14-15-9-4-10-12-6-3-7-13-10/h3,6-7,9,14H,1-2,4-5,8H2/b15-9+. The Hall–Kier alpha value is -1.78.